The van der Waals surface area contributed by atoms with Gasteiger partial charge in [0.25, 0.3) is 0 Å². The zero-order valence-corrected chi connectivity index (χ0v) is 16.2. The van der Waals surface area contributed by atoms with Gasteiger partial charge in [-0.25, -0.2) is 9.59 Å². The van der Waals surface area contributed by atoms with Gasteiger partial charge in [0.05, 0.1) is 16.7 Å². The Morgan fingerprint density at radius 2 is 1.92 bits per heavy atom. The molecule has 0 bridgehead atoms. The third-order valence-corrected chi connectivity index (χ3v) is 4.93. The summed E-state index contributed by atoms with van der Waals surface area (Å²) < 4.78 is 7.13. The van der Waals surface area contributed by atoms with Crippen LogP contribution in [-0.2, 0) is 11.8 Å². The number of piperidine rings is 1. The molecule has 7 nitrogen and oxygen atoms in total. The van der Waals surface area contributed by atoms with Gasteiger partial charge in [0.1, 0.15) is 5.60 Å². The van der Waals surface area contributed by atoms with E-state index in [-0.39, 0.29) is 17.8 Å². The lowest BCUT2D eigenvalue weighted by atomic mass is 10.0. The number of H-pyrrole nitrogens is 1. The molecule has 1 fully saturated rings. The van der Waals surface area contributed by atoms with Crippen molar-refractivity contribution < 1.29 is 9.53 Å². The number of rotatable bonds is 2. The second-order valence-electron chi connectivity index (χ2n) is 7.97. The molecule has 1 aliphatic rings. The van der Waals surface area contributed by atoms with Gasteiger partial charge in [-0.3, -0.25) is 4.57 Å². The van der Waals surface area contributed by atoms with E-state index in [1.165, 1.54) is 0 Å². The van der Waals surface area contributed by atoms with Crippen molar-refractivity contribution in [3.8, 4) is 0 Å². The average molecular weight is 360 g/mol. The third kappa shape index (κ3) is 3.57. The van der Waals surface area contributed by atoms with Crippen LogP contribution in [-0.4, -0.2) is 52.3 Å². The zero-order chi connectivity index (χ0) is 19.1. The van der Waals surface area contributed by atoms with Crippen LogP contribution in [0.5, 0.6) is 0 Å². The lowest BCUT2D eigenvalue weighted by Gasteiger charge is -2.38. The molecule has 0 radical (unpaired) electrons. The molecule has 1 saturated heterocycles. The van der Waals surface area contributed by atoms with E-state index in [1.807, 2.05) is 46.0 Å². The number of amides is 1. The number of benzene rings is 1. The van der Waals surface area contributed by atoms with Gasteiger partial charge in [0.15, 0.2) is 0 Å². The summed E-state index contributed by atoms with van der Waals surface area (Å²) in [6.07, 6.45) is 1.46. The first-order valence-electron chi connectivity index (χ1n) is 9.06. The SMILES string of the molecule is CN(C(=O)OC(C)(C)C)C1CCN(c2cccc3[nH]c(=O)n(C)c23)CC1. The molecule has 0 atom stereocenters. The molecule has 0 saturated carbocycles. The molecule has 0 unspecified atom stereocenters. The maximum Gasteiger partial charge on any atom is 0.410 e. The number of nitrogens with zero attached hydrogens (tertiary/aromatic N) is 3. The second-order valence-corrected chi connectivity index (χ2v) is 7.97. The maximum absolute atomic E-state index is 12.3. The number of hydrogen-bond acceptors (Lipinski definition) is 4. The van der Waals surface area contributed by atoms with E-state index in [0.29, 0.717) is 0 Å². The topological polar surface area (TPSA) is 70.6 Å². The normalized spacial score (nSPS) is 16.1. The number of para-hydroxylation sites is 1. The Hall–Kier alpha value is -2.44. The molecule has 1 aromatic heterocycles. The molecule has 26 heavy (non-hydrogen) atoms. The minimum Gasteiger partial charge on any atom is -0.444 e. The van der Waals surface area contributed by atoms with Crippen LogP contribution in [0, 0.1) is 0 Å². The molecule has 1 aliphatic heterocycles. The fourth-order valence-corrected chi connectivity index (χ4v) is 3.52. The van der Waals surface area contributed by atoms with E-state index in [4.69, 9.17) is 4.74 Å². The predicted octanol–water partition coefficient (Wildman–Crippen LogP) is 2.70. The van der Waals surface area contributed by atoms with Gasteiger partial charge in [-0.05, 0) is 45.7 Å². The molecule has 2 aromatic rings. The quantitative estimate of drug-likeness (QED) is 0.894. The van der Waals surface area contributed by atoms with E-state index in [9.17, 15) is 9.59 Å². The number of ether oxygens (including phenoxy) is 1. The monoisotopic (exact) mass is 360 g/mol. The lowest BCUT2D eigenvalue weighted by Crippen LogP contribution is -2.47. The fraction of sp³-hybridized carbons (Fsp3) is 0.579. The van der Waals surface area contributed by atoms with Crippen molar-refractivity contribution in [1.29, 1.82) is 0 Å². The van der Waals surface area contributed by atoms with Crippen LogP contribution in [0.25, 0.3) is 11.0 Å². The summed E-state index contributed by atoms with van der Waals surface area (Å²) in [7, 11) is 3.60. The summed E-state index contributed by atoms with van der Waals surface area (Å²) in [6, 6.07) is 6.10. The van der Waals surface area contributed by atoms with Crippen LogP contribution >= 0.6 is 0 Å². The van der Waals surface area contributed by atoms with Crippen molar-refractivity contribution in [3.05, 3.63) is 28.7 Å². The van der Waals surface area contributed by atoms with Crippen molar-refractivity contribution in [2.75, 3.05) is 25.0 Å². The van der Waals surface area contributed by atoms with Gasteiger partial charge < -0.3 is 19.5 Å². The highest BCUT2D eigenvalue weighted by atomic mass is 16.6. The first kappa shape index (κ1) is 18.4. The highest BCUT2D eigenvalue weighted by Crippen LogP contribution is 2.28. The number of nitrogens with one attached hydrogen (secondary N) is 1. The average Bonchev–Trinajstić information content (AvgIpc) is 2.87. The van der Waals surface area contributed by atoms with Crippen molar-refractivity contribution >= 4 is 22.8 Å². The van der Waals surface area contributed by atoms with Gasteiger partial charge in [-0.1, -0.05) is 6.07 Å². The largest absolute Gasteiger partial charge is 0.444 e. The standard InChI is InChI=1S/C19H28N4O3/c1-19(2,3)26-18(25)21(4)13-9-11-23(12-10-13)15-8-6-7-14-16(15)22(5)17(24)20-14/h6-8,13H,9-12H2,1-5H3,(H,20,24). The molecule has 2 heterocycles. The Labute approximate surface area is 153 Å². The summed E-state index contributed by atoms with van der Waals surface area (Å²) in [5.41, 5.74) is 2.24. The van der Waals surface area contributed by atoms with E-state index in [0.717, 1.165) is 42.7 Å². The molecule has 1 N–H and O–H groups in total. The number of carbonyl (C=O) groups is 1. The number of anilines is 1. The van der Waals surface area contributed by atoms with E-state index >= 15 is 0 Å². The molecule has 3 rings (SSSR count). The molecular weight excluding hydrogens is 332 g/mol. The van der Waals surface area contributed by atoms with E-state index in [2.05, 4.69) is 9.88 Å². The minimum atomic E-state index is -0.485. The van der Waals surface area contributed by atoms with Crippen molar-refractivity contribution in [2.24, 2.45) is 7.05 Å². The summed E-state index contributed by atoms with van der Waals surface area (Å²) in [4.78, 5) is 31.1. The second kappa shape index (κ2) is 6.70. The summed E-state index contributed by atoms with van der Waals surface area (Å²) in [5, 5.41) is 0. The zero-order valence-electron chi connectivity index (χ0n) is 16.2. The highest BCUT2D eigenvalue weighted by molar-refractivity contribution is 5.89. The Morgan fingerprint density at radius 1 is 1.27 bits per heavy atom. The van der Waals surface area contributed by atoms with Crippen LogP contribution < -0.4 is 10.6 Å². The van der Waals surface area contributed by atoms with Crippen LogP contribution in [0.15, 0.2) is 23.0 Å². The Balaban J connectivity index is 1.71. The smallest absolute Gasteiger partial charge is 0.410 e. The van der Waals surface area contributed by atoms with Gasteiger partial charge in [0, 0.05) is 33.2 Å². The van der Waals surface area contributed by atoms with E-state index in [1.54, 1.807) is 16.5 Å². The maximum atomic E-state index is 12.3. The molecule has 0 spiro atoms. The number of aryl methyl sites for hydroxylation is 1. The molecule has 0 aliphatic carbocycles. The molecule has 1 aromatic carbocycles. The summed E-state index contributed by atoms with van der Waals surface area (Å²) in [5.74, 6) is 0. The number of aromatic nitrogens is 2. The fourth-order valence-electron chi connectivity index (χ4n) is 3.52. The lowest BCUT2D eigenvalue weighted by molar-refractivity contribution is 0.0201. The van der Waals surface area contributed by atoms with Crippen molar-refractivity contribution in [3.63, 3.8) is 0 Å². The highest BCUT2D eigenvalue weighted by Gasteiger charge is 2.29. The summed E-state index contributed by atoms with van der Waals surface area (Å²) >= 11 is 0. The Bertz CT molecular complexity index is 854. The number of fused-ring (bicyclic) bond motifs is 1. The number of aromatic amines is 1. The van der Waals surface area contributed by atoms with Crippen LogP contribution in [0.2, 0.25) is 0 Å². The third-order valence-electron chi connectivity index (χ3n) is 4.93. The van der Waals surface area contributed by atoms with Crippen LogP contribution in [0.1, 0.15) is 33.6 Å². The Morgan fingerprint density at radius 3 is 2.54 bits per heavy atom. The van der Waals surface area contributed by atoms with E-state index < -0.39 is 5.60 Å². The van der Waals surface area contributed by atoms with Gasteiger partial charge >= 0.3 is 11.8 Å². The summed E-state index contributed by atoms with van der Waals surface area (Å²) in [6.45, 7) is 7.29. The van der Waals surface area contributed by atoms with Gasteiger partial charge in [-0.2, -0.15) is 0 Å². The first-order chi connectivity index (χ1) is 12.2. The van der Waals surface area contributed by atoms with Crippen molar-refractivity contribution in [1.82, 2.24) is 14.5 Å². The molecule has 142 valence electrons. The molecule has 1 amide bonds. The minimum absolute atomic E-state index is 0.105. The first-order valence-corrected chi connectivity index (χ1v) is 9.06. The molecule has 7 heteroatoms. The number of hydrogen-bond donors (Lipinski definition) is 1. The molecular formula is C19H28N4O3. The predicted molar refractivity (Wildman–Crippen MR) is 103 cm³/mol. The van der Waals surface area contributed by atoms with Crippen LogP contribution in [0.4, 0.5) is 10.5 Å². The number of carbonyl (C=O) groups excluding carboxylic acids is 1. The number of imidazole rings is 1. The van der Waals surface area contributed by atoms with Crippen LogP contribution in [0.3, 0.4) is 0 Å². The van der Waals surface area contributed by atoms with Crippen molar-refractivity contribution in [2.45, 2.75) is 45.3 Å². The van der Waals surface area contributed by atoms with Gasteiger partial charge in [0.2, 0.25) is 0 Å². The van der Waals surface area contributed by atoms with Gasteiger partial charge in [-0.15, -0.1) is 0 Å². The Kier molecular flexibility index (Phi) is 4.73.